The van der Waals surface area contributed by atoms with Crippen LogP contribution in [0.5, 0.6) is 5.75 Å². The van der Waals surface area contributed by atoms with Gasteiger partial charge in [0.05, 0.1) is 23.3 Å². The van der Waals surface area contributed by atoms with E-state index in [2.05, 4.69) is 12.1 Å². The predicted octanol–water partition coefficient (Wildman–Crippen LogP) is 3.32. The zero-order chi connectivity index (χ0) is 13.7. The van der Waals surface area contributed by atoms with Gasteiger partial charge in [0.2, 0.25) is 0 Å². The summed E-state index contributed by atoms with van der Waals surface area (Å²) >= 11 is 0. The van der Waals surface area contributed by atoms with Crippen LogP contribution in [0.4, 0.5) is 0 Å². The molecule has 2 aromatic carbocycles. The Bertz CT molecular complexity index is 678. The fraction of sp³-hybridized carbons (Fsp3) is 0.125. The van der Waals surface area contributed by atoms with E-state index in [-0.39, 0.29) is 0 Å². The second-order valence-electron chi connectivity index (χ2n) is 4.18. The van der Waals surface area contributed by atoms with Crippen molar-refractivity contribution in [1.29, 1.82) is 10.5 Å². The average Bonchev–Trinajstić information content (AvgIpc) is 2.46. The first-order valence-electron chi connectivity index (χ1n) is 5.85. The van der Waals surface area contributed by atoms with Gasteiger partial charge >= 0.3 is 0 Å². The summed E-state index contributed by atoms with van der Waals surface area (Å²) in [5, 5.41) is 17.6. The van der Waals surface area contributed by atoms with Crippen molar-refractivity contribution in [1.82, 2.24) is 0 Å². The van der Waals surface area contributed by atoms with Crippen LogP contribution in [0.25, 0.3) is 0 Å². The van der Waals surface area contributed by atoms with Crippen molar-refractivity contribution in [3.63, 3.8) is 0 Å². The Labute approximate surface area is 112 Å². The molecule has 3 heteroatoms. The number of aryl methyl sites for hydroxylation is 1. The van der Waals surface area contributed by atoms with Crippen molar-refractivity contribution in [2.45, 2.75) is 13.5 Å². The van der Waals surface area contributed by atoms with Crippen molar-refractivity contribution in [2.75, 3.05) is 0 Å². The van der Waals surface area contributed by atoms with Crippen LogP contribution in [-0.4, -0.2) is 0 Å². The Hall–Kier alpha value is -2.78. The van der Waals surface area contributed by atoms with Crippen molar-refractivity contribution in [3.05, 3.63) is 64.7 Å². The van der Waals surface area contributed by atoms with Gasteiger partial charge in [-0.15, -0.1) is 0 Å². The fourth-order valence-electron chi connectivity index (χ4n) is 1.74. The maximum atomic E-state index is 8.81. The molecule has 0 unspecified atom stereocenters. The predicted molar refractivity (Wildman–Crippen MR) is 71.4 cm³/mol. The lowest BCUT2D eigenvalue weighted by Crippen LogP contribution is -1.98. The number of nitriles is 2. The van der Waals surface area contributed by atoms with E-state index in [0.29, 0.717) is 23.5 Å². The van der Waals surface area contributed by atoms with Crippen LogP contribution in [0.2, 0.25) is 0 Å². The largest absolute Gasteiger partial charge is 0.489 e. The quantitative estimate of drug-likeness (QED) is 0.837. The molecule has 19 heavy (non-hydrogen) atoms. The van der Waals surface area contributed by atoms with Crippen LogP contribution in [0.3, 0.4) is 0 Å². The third kappa shape index (κ3) is 3.12. The van der Waals surface area contributed by atoms with Crippen LogP contribution in [-0.2, 0) is 6.61 Å². The Balaban J connectivity index is 2.11. The zero-order valence-electron chi connectivity index (χ0n) is 10.6. The number of nitrogens with zero attached hydrogens (tertiary/aromatic N) is 2. The zero-order valence-corrected chi connectivity index (χ0v) is 10.6. The van der Waals surface area contributed by atoms with Crippen molar-refractivity contribution in [2.24, 2.45) is 0 Å². The Morgan fingerprint density at radius 3 is 2.42 bits per heavy atom. The molecule has 0 radical (unpaired) electrons. The van der Waals surface area contributed by atoms with E-state index in [0.717, 1.165) is 11.1 Å². The molecule has 0 heterocycles. The standard InChI is InChI=1S/C16H12N2O/c1-12-7-14(10-18)5-6-15(12)11-19-16-4-2-3-13(8-16)9-17/h2-8H,11H2,1H3. The molecule has 0 fully saturated rings. The van der Waals surface area contributed by atoms with Gasteiger partial charge in [-0.3, -0.25) is 0 Å². The normalized spacial score (nSPS) is 9.42. The molecular formula is C16H12N2O. The molecule has 0 atom stereocenters. The molecule has 2 aromatic rings. The number of hydrogen-bond donors (Lipinski definition) is 0. The number of hydrogen-bond acceptors (Lipinski definition) is 3. The highest BCUT2D eigenvalue weighted by molar-refractivity contribution is 5.38. The average molecular weight is 248 g/mol. The smallest absolute Gasteiger partial charge is 0.121 e. The first kappa shape index (κ1) is 12.7. The summed E-state index contributed by atoms with van der Waals surface area (Å²) < 4.78 is 5.65. The lowest BCUT2D eigenvalue weighted by molar-refractivity contribution is 0.305. The summed E-state index contributed by atoms with van der Waals surface area (Å²) in [6, 6.07) is 16.7. The maximum absolute atomic E-state index is 8.81. The minimum Gasteiger partial charge on any atom is -0.489 e. The van der Waals surface area contributed by atoms with E-state index in [1.54, 1.807) is 24.3 Å². The molecule has 0 aromatic heterocycles. The van der Waals surface area contributed by atoms with Crippen LogP contribution >= 0.6 is 0 Å². The lowest BCUT2D eigenvalue weighted by atomic mass is 10.1. The van der Waals surface area contributed by atoms with Crippen molar-refractivity contribution in [3.8, 4) is 17.9 Å². The van der Waals surface area contributed by atoms with Crippen LogP contribution in [0.15, 0.2) is 42.5 Å². The monoisotopic (exact) mass is 248 g/mol. The summed E-state index contributed by atoms with van der Waals surface area (Å²) in [5.41, 5.74) is 3.28. The van der Waals surface area contributed by atoms with E-state index >= 15 is 0 Å². The Morgan fingerprint density at radius 2 is 1.74 bits per heavy atom. The van der Waals surface area contributed by atoms with E-state index in [9.17, 15) is 0 Å². The van der Waals surface area contributed by atoms with Gasteiger partial charge in [-0.2, -0.15) is 10.5 Å². The highest BCUT2D eigenvalue weighted by Crippen LogP contribution is 2.17. The fourth-order valence-corrected chi connectivity index (χ4v) is 1.74. The van der Waals surface area contributed by atoms with E-state index in [1.807, 2.05) is 25.1 Å². The van der Waals surface area contributed by atoms with Gasteiger partial charge in [-0.25, -0.2) is 0 Å². The summed E-state index contributed by atoms with van der Waals surface area (Å²) in [6.45, 7) is 2.37. The molecule has 3 nitrogen and oxygen atoms in total. The molecule has 0 aliphatic carbocycles. The van der Waals surface area contributed by atoms with Gasteiger partial charge < -0.3 is 4.74 Å². The number of ether oxygens (including phenoxy) is 1. The van der Waals surface area contributed by atoms with Crippen LogP contribution < -0.4 is 4.74 Å². The second kappa shape index (κ2) is 5.71. The van der Waals surface area contributed by atoms with Crippen LogP contribution in [0.1, 0.15) is 22.3 Å². The first-order chi connectivity index (χ1) is 9.22. The van der Waals surface area contributed by atoms with Gasteiger partial charge in [-0.1, -0.05) is 12.1 Å². The topological polar surface area (TPSA) is 56.8 Å². The minimum atomic E-state index is 0.423. The van der Waals surface area contributed by atoms with Gasteiger partial charge in [0, 0.05) is 0 Å². The van der Waals surface area contributed by atoms with Gasteiger partial charge in [0.25, 0.3) is 0 Å². The molecule has 0 N–H and O–H groups in total. The summed E-state index contributed by atoms with van der Waals surface area (Å²) in [7, 11) is 0. The molecule has 0 spiro atoms. The van der Waals surface area contributed by atoms with Crippen LogP contribution in [0, 0.1) is 29.6 Å². The molecule has 2 rings (SSSR count). The maximum Gasteiger partial charge on any atom is 0.121 e. The molecule has 0 aliphatic rings. The molecule has 0 amide bonds. The first-order valence-corrected chi connectivity index (χ1v) is 5.85. The van der Waals surface area contributed by atoms with E-state index < -0.39 is 0 Å². The molecule has 0 saturated carbocycles. The van der Waals surface area contributed by atoms with Gasteiger partial charge in [0.1, 0.15) is 12.4 Å². The summed E-state index contributed by atoms with van der Waals surface area (Å²) in [5.74, 6) is 0.669. The highest BCUT2D eigenvalue weighted by Gasteiger charge is 2.02. The molecule has 92 valence electrons. The third-order valence-electron chi connectivity index (χ3n) is 2.83. The van der Waals surface area contributed by atoms with Crippen molar-refractivity contribution >= 4 is 0 Å². The van der Waals surface area contributed by atoms with E-state index in [4.69, 9.17) is 15.3 Å². The number of rotatable bonds is 3. The molecule has 0 saturated heterocycles. The SMILES string of the molecule is Cc1cc(C#N)ccc1COc1cccc(C#N)c1. The minimum absolute atomic E-state index is 0.423. The lowest BCUT2D eigenvalue weighted by Gasteiger charge is -2.09. The second-order valence-corrected chi connectivity index (χ2v) is 4.18. The third-order valence-corrected chi connectivity index (χ3v) is 2.83. The summed E-state index contributed by atoms with van der Waals surface area (Å²) in [4.78, 5) is 0. The van der Waals surface area contributed by atoms with E-state index in [1.165, 1.54) is 0 Å². The van der Waals surface area contributed by atoms with Crippen molar-refractivity contribution < 1.29 is 4.74 Å². The molecular weight excluding hydrogens is 236 g/mol. The van der Waals surface area contributed by atoms with Gasteiger partial charge in [-0.05, 0) is 48.4 Å². The molecule has 0 bridgehead atoms. The van der Waals surface area contributed by atoms with Gasteiger partial charge in [0.15, 0.2) is 0 Å². The Kier molecular flexibility index (Phi) is 3.81. The summed E-state index contributed by atoms with van der Waals surface area (Å²) in [6.07, 6.45) is 0. The highest BCUT2D eigenvalue weighted by atomic mass is 16.5. The molecule has 0 aliphatic heterocycles. The number of benzene rings is 2. The Morgan fingerprint density at radius 1 is 1.00 bits per heavy atom.